The predicted octanol–water partition coefficient (Wildman–Crippen LogP) is -18.0. The molecule has 0 spiro atoms. The van der Waals surface area contributed by atoms with E-state index in [0.717, 1.165) is 0 Å². The number of rotatable bonds is 0. The molecule has 24 valence electrons. The number of hydrogen-bond donors (Lipinski definition) is 0. The molecule has 0 saturated carbocycles. The van der Waals surface area contributed by atoms with Crippen LogP contribution in [-0.4, -0.2) is 0 Å². The first-order valence-corrected chi connectivity index (χ1v) is 0. The number of hydrogen-bond acceptors (Lipinski definition) is 0. The maximum atomic E-state index is 0. The van der Waals surface area contributed by atoms with Gasteiger partial charge in [0, 0.05) is 0 Å². The molecular formula is ClFILi3. The Morgan fingerprint density at radius 3 is 0.667 bits per heavy atom. The molecule has 0 amide bonds. The SMILES string of the molecule is [Cl-].[F-].[I-].[Li+].[Li+].[Li+]. The van der Waals surface area contributed by atoms with Crippen LogP contribution in [0.1, 0.15) is 0 Å². The first-order valence-electron chi connectivity index (χ1n) is 0. The zero-order chi connectivity index (χ0) is 0. The van der Waals surface area contributed by atoms with Crippen molar-refractivity contribution in [2.45, 2.75) is 0 Å². The van der Waals surface area contributed by atoms with E-state index < -0.39 is 0 Å². The van der Waals surface area contributed by atoms with Crippen LogP contribution in [0.3, 0.4) is 0 Å². The van der Waals surface area contributed by atoms with Gasteiger partial charge in [-0.05, 0) is 0 Å². The molecule has 0 radical (unpaired) electrons. The maximum Gasteiger partial charge on any atom is 1.00 e. The third kappa shape index (κ3) is 29.6. The first-order chi connectivity index (χ1) is 0. The summed E-state index contributed by atoms with van der Waals surface area (Å²) in [5.74, 6) is 0. The van der Waals surface area contributed by atoms with E-state index >= 15 is 0 Å². The van der Waals surface area contributed by atoms with Crippen molar-refractivity contribution < 1.29 is 97.7 Å². The van der Waals surface area contributed by atoms with Gasteiger partial charge in [-0.15, -0.1) is 0 Å². The molecule has 0 aliphatic heterocycles. The standard InChI is InChI=1S/ClH.FH.HI.3Li/h3*1H;;;/q;;;3*+1/p-3. The summed E-state index contributed by atoms with van der Waals surface area (Å²) in [5.41, 5.74) is 0. The Hall–Kier alpha value is 2.74. The smallest absolute Gasteiger partial charge is 1.00 e. The summed E-state index contributed by atoms with van der Waals surface area (Å²) in [4.78, 5) is 0. The summed E-state index contributed by atoms with van der Waals surface area (Å²) in [6.45, 7) is 0. The molecule has 0 heterocycles. The van der Waals surface area contributed by atoms with Gasteiger partial charge in [-0.2, -0.15) is 0 Å². The molecule has 0 rings (SSSR count). The largest absolute Gasteiger partial charge is 1.00 e. The van der Waals surface area contributed by atoms with E-state index in [1.165, 1.54) is 0 Å². The molecule has 0 nitrogen and oxygen atoms in total. The van der Waals surface area contributed by atoms with Crippen molar-refractivity contribution in [1.82, 2.24) is 0 Å². The van der Waals surface area contributed by atoms with Gasteiger partial charge in [-0.25, -0.2) is 0 Å². The molecule has 0 fully saturated rings. The molecule has 0 aliphatic rings. The van der Waals surface area contributed by atoms with Gasteiger partial charge < -0.3 is 41.1 Å². The van der Waals surface area contributed by atoms with Crippen LogP contribution in [0.15, 0.2) is 0 Å². The molecule has 0 bridgehead atoms. The van der Waals surface area contributed by atoms with E-state index in [1.807, 2.05) is 0 Å². The normalized spacial score (nSPS) is 0. The van der Waals surface area contributed by atoms with Crippen LogP contribution in [-0.2, 0) is 0 Å². The summed E-state index contributed by atoms with van der Waals surface area (Å²) in [6, 6.07) is 0. The van der Waals surface area contributed by atoms with Gasteiger partial charge in [0.15, 0.2) is 0 Å². The second kappa shape index (κ2) is 46.8. The Kier molecular flexibility index (Phi) is 544. The van der Waals surface area contributed by atoms with E-state index in [9.17, 15) is 0 Å². The molecule has 6 heteroatoms. The van der Waals surface area contributed by atoms with Crippen molar-refractivity contribution in [2.75, 3.05) is 0 Å². The second-order valence-corrected chi connectivity index (χ2v) is 0. The fraction of sp³-hybridized carbons (Fsp3) is 0. The Morgan fingerprint density at radius 2 is 0.667 bits per heavy atom. The van der Waals surface area contributed by atoms with Gasteiger partial charge in [0.1, 0.15) is 0 Å². The fourth-order valence-electron chi connectivity index (χ4n) is 0. The predicted molar refractivity (Wildman–Crippen MR) is 0 cm³/mol. The molecule has 0 unspecified atom stereocenters. The fourth-order valence-corrected chi connectivity index (χ4v) is 0. The molecule has 0 aromatic rings. The summed E-state index contributed by atoms with van der Waals surface area (Å²) < 4.78 is 0. The van der Waals surface area contributed by atoms with Crippen molar-refractivity contribution in [3.05, 3.63) is 0 Å². The van der Waals surface area contributed by atoms with Crippen LogP contribution >= 0.6 is 0 Å². The minimum absolute atomic E-state index is 0. The van der Waals surface area contributed by atoms with Crippen molar-refractivity contribution >= 4 is 0 Å². The van der Waals surface area contributed by atoms with Crippen molar-refractivity contribution in [1.29, 1.82) is 0 Å². The molecule has 0 N–H and O–H groups in total. The van der Waals surface area contributed by atoms with Crippen LogP contribution in [0.4, 0.5) is 0 Å². The Morgan fingerprint density at radius 1 is 0.667 bits per heavy atom. The summed E-state index contributed by atoms with van der Waals surface area (Å²) >= 11 is 0. The zero-order valence-electron chi connectivity index (χ0n) is 4.13. The summed E-state index contributed by atoms with van der Waals surface area (Å²) in [5, 5.41) is 0. The topological polar surface area (TPSA) is 0 Å². The third-order valence-electron chi connectivity index (χ3n) is 0. The van der Waals surface area contributed by atoms with Gasteiger partial charge in [0.2, 0.25) is 0 Å². The summed E-state index contributed by atoms with van der Waals surface area (Å²) in [6.07, 6.45) is 0. The average Bonchev–Trinajstić information content (AvgIpc) is 0. The Bertz CT molecular complexity index is 10.8. The summed E-state index contributed by atoms with van der Waals surface area (Å²) in [7, 11) is 0. The third-order valence-corrected chi connectivity index (χ3v) is 0. The molecule has 0 aromatic heterocycles. The van der Waals surface area contributed by atoms with E-state index in [-0.39, 0.29) is 97.7 Å². The molecule has 0 aromatic carbocycles. The minimum atomic E-state index is 0. The molecule has 0 aliphatic carbocycles. The molecule has 0 saturated heterocycles. The molecule has 0 atom stereocenters. The van der Waals surface area contributed by atoms with Crippen LogP contribution < -0.4 is 97.7 Å². The Labute approximate surface area is 96.3 Å². The van der Waals surface area contributed by atoms with E-state index in [4.69, 9.17) is 0 Å². The van der Waals surface area contributed by atoms with E-state index in [1.54, 1.807) is 0 Å². The number of halogens is 3. The van der Waals surface area contributed by atoms with Gasteiger partial charge in [0.25, 0.3) is 0 Å². The van der Waals surface area contributed by atoms with Crippen LogP contribution in [0, 0.1) is 0 Å². The Balaban J connectivity index is 0. The zero-order valence-corrected chi connectivity index (χ0v) is 7.05. The molecular weight excluding hydrogens is 202 g/mol. The van der Waals surface area contributed by atoms with Gasteiger partial charge in [-0.3, -0.25) is 0 Å². The van der Waals surface area contributed by atoms with Gasteiger partial charge in [-0.1, -0.05) is 0 Å². The molecule has 6 heavy (non-hydrogen) atoms. The minimum Gasteiger partial charge on any atom is -1.00 e. The van der Waals surface area contributed by atoms with Crippen LogP contribution in [0.5, 0.6) is 0 Å². The van der Waals surface area contributed by atoms with Crippen molar-refractivity contribution in [2.24, 2.45) is 0 Å². The second-order valence-electron chi connectivity index (χ2n) is 0. The average molecular weight is 202 g/mol. The monoisotopic (exact) mass is 202 g/mol. The van der Waals surface area contributed by atoms with Crippen LogP contribution in [0.25, 0.3) is 0 Å². The maximum absolute atomic E-state index is 0. The van der Waals surface area contributed by atoms with Crippen molar-refractivity contribution in [3.8, 4) is 0 Å². The first kappa shape index (κ1) is 69.7. The van der Waals surface area contributed by atoms with E-state index in [2.05, 4.69) is 0 Å². The van der Waals surface area contributed by atoms with Crippen molar-refractivity contribution in [3.63, 3.8) is 0 Å². The van der Waals surface area contributed by atoms with Crippen LogP contribution in [0.2, 0.25) is 0 Å². The van der Waals surface area contributed by atoms with Gasteiger partial charge >= 0.3 is 56.6 Å². The van der Waals surface area contributed by atoms with E-state index in [0.29, 0.717) is 0 Å². The van der Waals surface area contributed by atoms with Gasteiger partial charge in [0.05, 0.1) is 0 Å². The quantitative estimate of drug-likeness (QED) is 0.270.